The third-order valence-electron chi connectivity index (χ3n) is 5.33. The minimum absolute atomic E-state index is 0.0928. The summed E-state index contributed by atoms with van der Waals surface area (Å²) in [5.74, 6) is 0.984. The second kappa shape index (κ2) is 10.8. The van der Waals surface area contributed by atoms with Crippen LogP contribution < -0.4 is 14.8 Å². The van der Waals surface area contributed by atoms with E-state index in [1.165, 1.54) is 0 Å². The molecular formula is C24H31N3O3. The Kier molecular flexibility index (Phi) is 7.88. The summed E-state index contributed by atoms with van der Waals surface area (Å²) >= 11 is 0. The fourth-order valence-electron chi connectivity index (χ4n) is 3.53. The Bertz CT molecular complexity index is 833. The zero-order valence-corrected chi connectivity index (χ0v) is 17.8. The Morgan fingerprint density at radius 2 is 1.87 bits per heavy atom. The van der Waals surface area contributed by atoms with E-state index in [0.29, 0.717) is 23.7 Å². The fourth-order valence-corrected chi connectivity index (χ4v) is 3.53. The number of hydrogen-bond acceptors (Lipinski definition) is 5. The van der Waals surface area contributed by atoms with Crippen molar-refractivity contribution in [3.63, 3.8) is 0 Å². The monoisotopic (exact) mass is 409 g/mol. The smallest absolute Gasteiger partial charge is 0.251 e. The Labute approximate surface area is 179 Å². The molecule has 1 aliphatic heterocycles. The van der Waals surface area contributed by atoms with Crippen molar-refractivity contribution in [2.75, 3.05) is 53.5 Å². The number of likely N-dealkylation sites (N-methyl/N-ethyl adjacent to an activating group) is 1. The van der Waals surface area contributed by atoms with Gasteiger partial charge in [0.05, 0.1) is 13.2 Å². The predicted octanol–water partition coefficient (Wildman–Crippen LogP) is 2.98. The number of ether oxygens (including phenoxy) is 2. The van der Waals surface area contributed by atoms with Crippen molar-refractivity contribution in [1.82, 2.24) is 15.1 Å². The molecule has 30 heavy (non-hydrogen) atoms. The van der Waals surface area contributed by atoms with Crippen molar-refractivity contribution in [3.8, 4) is 11.5 Å². The van der Waals surface area contributed by atoms with E-state index in [1.807, 2.05) is 18.2 Å². The Morgan fingerprint density at radius 1 is 1.13 bits per heavy atom. The molecule has 160 valence electrons. The van der Waals surface area contributed by atoms with E-state index in [-0.39, 0.29) is 11.9 Å². The van der Waals surface area contributed by atoms with Gasteiger partial charge in [-0.15, -0.1) is 0 Å². The summed E-state index contributed by atoms with van der Waals surface area (Å²) in [6.45, 7) is 8.89. The second-order valence-electron chi connectivity index (χ2n) is 7.51. The lowest BCUT2D eigenvalue weighted by Crippen LogP contribution is -2.47. The highest BCUT2D eigenvalue weighted by Gasteiger charge is 2.22. The largest absolute Gasteiger partial charge is 0.493 e. The standard InChI is InChI=1S/C24H31N3O3/c1-4-16-30-22-11-10-20(17-23(22)29-3)24(28)25-21(19-8-6-5-7-9-19)18-27-14-12-26(2)13-15-27/h4-11,17,21H,1,12-16,18H2,2-3H3,(H,25,28). The maximum atomic E-state index is 13.1. The molecule has 0 spiro atoms. The van der Waals surface area contributed by atoms with E-state index in [0.717, 1.165) is 38.3 Å². The first-order valence-corrected chi connectivity index (χ1v) is 10.3. The molecule has 3 rings (SSSR count). The number of benzene rings is 2. The van der Waals surface area contributed by atoms with E-state index in [1.54, 1.807) is 31.4 Å². The number of methoxy groups -OCH3 is 1. The third kappa shape index (κ3) is 5.84. The second-order valence-corrected chi connectivity index (χ2v) is 7.51. The van der Waals surface area contributed by atoms with Gasteiger partial charge in [-0.25, -0.2) is 0 Å². The molecule has 1 fully saturated rings. The molecule has 1 heterocycles. The van der Waals surface area contributed by atoms with Crippen LogP contribution in [0.1, 0.15) is 22.0 Å². The molecule has 0 radical (unpaired) electrons. The zero-order chi connectivity index (χ0) is 21.3. The van der Waals surface area contributed by atoms with Gasteiger partial charge >= 0.3 is 0 Å². The average Bonchev–Trinajstić information content (AvgIpc) is 2.79. The van der Waals surface area contributed by atoms with Crippen molar-refractivity contribution < 1.29 is 14.3 Å². The number of carbonyl (C=O) groups is 1. The summed E-state index contributed by atoms with van der Waals surface area (Å²) < 4.78 is 11.0. The maximum absolute atomic E-state index is 13.1. The van der Waals surface area contributed by atoms with Gasteiger partial charge in [0, 0.05) is 38.3 Å². The van der Waals surface area contributed by atoms with E-state index >= 15 is 0 Å². The quantitative estimate of drug-likeness (QED) is 0.646. The van der Waals surface area contributed by atoms with Crippen molar-refractivity contribution in [2.45, 2.75) is 6.04 Å². The molecule has 1 N–H and O–H groups in total. The average molecular weight is 410 g/mol. The van der Waals surface area contributed by atoms with Crippen LogP contribution in [0.3, 0.4) is 0 Å². The summed E-state index contributed by atoms with van der Waals surface area (Å²) in [4.78, 5) is 17.8. The highest BCUT2D eigenvalue weighted by Crippen LogP contribution is 2.28. The van der Waals surface area contributed by atoms with E-state index in [2.05, 4.69) is 40.9 Å². The Hall–Kier alpha value is -2.83. The van der Waals surface area contributed by atoms with Crippen LogP contribution in [0.15, 0.2) is 61.2 Å². The SMILES string of the molecule is C=CCOc1ccc(C(=O)NC(CN2CCN(C)CC2)c2ccccc2)cc1OC. The van der Waals surface area contributed by atoms with Gasteiger partial charge < -0.3 is 19.7 Å². The third-order valence-corrected chi connectivity index (χ3v) is 5.33. The van der Waals surface area contributed by atoms with Crippen LogP contribution in [-0.2, 0) is 0 Å². The molecule has 0 aliphatic carbocycles. The van der Waals surface area contributed by atoms with Gasteiger partial charge in [0.15, 0.2) is 11.5 Å². The van der Waals surface area contributed by atoms with Crippen LogP contribution in [0.2, 0.25) is 0 Å². The summed E-state index contributed by atoms with van der Waals surface area (Å²) in [7, 11) is 3.71. The molecule has 2 aromatic carbocycles. The van der Waals surface area contributed by atoms with Crippen LogP contribution in [0.4, 0.5) is 0 Å². The first kappa shape index (κ1) is 21.9. The van der Waals surface area contributed by atoms with Crippen LogP contribution in [-0.4, -0.2) is 69.2 Å². The summed E-state index contributed by atoms with van der Waals surface area (Å²) in [5, 5.41) is 3.22. The lowest BCUT2D eigenvalue weighted by Gasteiger charge is -2.35. The maximum Gasteiger partial charge on any atom is 0.251 e. The highest BCUT2D eigenvalue weighted by atomic mass is 16.5. The number of carbonyl (C=O) groups excluding carboxylic acids is 1. The summed E-state index contributed by atoms with van der Waals surface area (Å²) in [6.07, 6.45) is 1.67. The van der Waals surface area contributed by atoms with Crippen molar-refractivity contribution in [1.29, 1.82) is 0 Å². The van der Waals surface area contributed by atoms with Gasteiger partial charge in [0.1, 0.15) is 6.61 Å². The van der Waals surface area contributed by atoms with Gasteiger partial charge in [0.25, 0.3) is 5.91 Å². The van der Waals surface area contributed by atoms with E-state index in [9.17, 15) is 4.79 Å². The topological polar surface area (TPSA) is 54.0 Å². The molecular weight excluding hydrogens is 378 g/mol. The predicted molar refractivity (Wildman–Crippen MR) is 119 cm³/mol. The van der Waals surface area contributed by atoms with Crippen molar-refractivity contribution in [3.05, 3.63) is 72.3 Å². The van der Waals surface area contributed by atoms with Gasteiger partial charge in [0.2, 0.25) is 0 Å². The molecule has 6 heteroatoms. The van der Waals surface area contributed by atoms with Crippen LogP contribution in [0.5, 0.6) is 11.5 Å². The van der Waals surface area contributed by atoms with Gasteiger partial charge in [-0.3, -0.25) is 9.69 Å². The van der Waals surface area contributed by atoms with Gasteiger partial charge in [-0.2, -0.15) is 0 Å². The van der Waals surface area contributed by atoms with E-state index < -0.39 is 0 Å². The minimum atomic E-state index is -0.133. The molecule has 1 atom stereocenters. The van der Waals surface area contributed by atoms with Crippen LogP contribution >= 0.6 is 0 Å². The lowest BCUT2D eigenvalue weighted by molar-refractivity contribution is 0.0907. The summed E-state index contributed by atoms with van der Waals surface area (Å²) in [6, 6.07) is 15.3. The van der Waals surface area contributed by atoms with Crippen molar-refractivity contribution >= 4 is 5.91 Å². The van der Waals surface area contributed by atoms with Crippen LogP contribution in [0, 0.1) is 0 Å². The normalized spacial score (nSPS) is 15.9. The molecule has 0 bridgehead atoms. The van der Waals surface area contributed by atoms with Crippen molar-refractivity contribution in [2.24, 2.45) is 0 Å². The molecule has 1 amide bonds. The minimum Gasteiger partial charge on any atom is -0.493 e. The molecule has 1 unspecified atom stereocenters. The first-order valence-electron chi connectivity index (χ1n) is 10.3. The first-order chi connectivity index (χ1) is 14.6. The lowest BCUT2D eigenvalue weighted by atomic mass is 10.0. The Balaban J connectivity index is 1.75. The number of nitrogens with one attached hydrogen (secondary N) is 1. The molecule has 6 nitrogen and oxygen atoms in total. The highest BCUT2D eigenvalue weighted by molar-refractivity contribution is 5.95. The van der Waals surface area contributed by atoms with Gasteiger partial charge in [-0.05, 0) is 30.8 Å². The molecule has 2 aromatic rings. The fraction of sp³-hybridized carbons (Fsp3) is 0.375. The van der Waals surface area contributed by atoms with Crippen LogP contribution in [0.25, 0.3) is 0 Å². The Morgan fingerprint density at radius 3 is 2.53 bits per heavy atom. The van der Waals surface area contributed by atoms with Gasteiger partial charge in [-0.1, -0.05) is 43.0 Å². The van der Waals surface area contributed by atoms with E-state index in [4.69, 9.17) is 9.47 Å². The number of piperazine rings is 1. The number of hydrogen-bond donors (Lipinski definition) is 1. The number of amides is 1. The number of nitrogens with zero attached hydrogens (tertiary/aromatic N) is 2. The molecule has 0 aromatic heterocycles. The zero-order valence-electron chi connectivity index (χ0n) is 17.8. The number of rotatable bonds is 9. The molecule has 1 aliphatic rings. The molecule has 0 saturated carbocycles. The summed E-state index contributed by atoms with van der Waals surface area (Å²) in [5.41, 5.74) is 1.64. The molecule has 1 saturated heterocycles.